The molecule has 0 radical (unpaired) electrons. The van der Waals surface area contributed by atoms with E-state index in [4.69, 9.17) is 9.72 Å². The number of nitrogens with zero attached hydrogens (tertiary/aromatic N) is 5. The largest absolute Gasteiger partial charge is 0.491 e. The third kappa shape index (κ3) is 5.98. The number of hydrogen-bond acceptors (Lipinski definition) is 8. The molecule has 2 amide bonds. The quantitative estimate of drug-likeness (QED) is 0.509. The van der Waals surface area contributed by atoms with E-state index in [-0.39, 0.29) is 30.4 Å². The van der Waals surface area contributed by atoms with Gasteiger partial charge in [0.2, 0.25) is 11.9 Å². The van der Waals surface area contributed by atoms with Gasteiger partial charge in [-0.3, -0.25) is 14.4 Å². The smallest absolute Gasteiger partial charge is 0.305 e. The Morgan fingerprint density at radius 1 is 1.05 bits per heavy atom. The number of benzene rings is 1. The summed E-state index contributed by atoms with van der Waals surface area (Å²) in [6.07, 6.45) is -0.160. The Hall–Kier alpha value is -3.89. The molecule has 204 valence electrons. The lowest BCUT2D eigenvalue weighted by molar-refractivity contribution is -0.137. The van der Waals surface area contributed by atoms with Crippen LogP contribution in [-0.4, -0.2) is 81.0 Å². The van der Waals surface area contributed by atoms with E-state index in [0.717, 1.165) is 5.56 Å². The second-order valence-electron chi connectivity index (χ2n) is 10.2. The van der Waals surface area contributed by atoms with Gasteiger partial charge in [0.15, 0.2) is 0 Å². The Bertz CT molecular complexity index is 1190. The van der Waals surface area contributed by atoms with Gasteiger partial charge in [-0.1, -0.05) is 12.1 Å². The van der Waals surface area contributed by atoms with Crippen molar-refractivity contribution in [2.24, 2.45) is 0 Å². The first-order valence-corrected chi connectivity index (χ1v) is 13.0. The molecule has 11 nitrogen and oxygen atoms in total. The van der Waals surface area contributed by atoms with Crippen LogP contribution in [-0.2, 0) is 16.1 Å². The molecular formula is C27H36N6O5. The zero-order valence-electron chi connectivity index (χ0n) is 22.6. The van der Waals surface area contributed by atoms with E-state index in [1.807, 2.05) is 56.9 Å². The molecule has 1 aromatic carbocycles. The highest BCUT2D eigenvalue weighted by atomic mass is 16.5. The van der Waals surface area contributed by atoms with Gasteiger partial charge in [-0.25, -0.2) is 4.98 Å². The van der Waals surface area contributed by atoms with E-state index in [1.54, 1.807) is 16.7 Å². The van der Waals surface area contributed by atoms with Crippen LogP contribution < -0.4 is 15.0 Å². The Kier molecular flexibility index (Phi) is 8.03. The Labute approximate surface area is 222 Å². The van der Waals surface area contributed by atoms with Crippen LogP contribution in [0.25, 0.3) is 0 Å². The van der Waals surface area contributed by atoms with Crippen molar-refractivity contribution in [2.45, 2.75) is 65.8 Å². The molecule has 38 heavy (non-hydrogen) atoms. The summed E-state index contributed by atoms with van der Waals surface area (Å²) in [6, 6.07) is 6.70. The molecule has 0 bridgehead atoms. The summed E-state index contributed by atoms with van der Waals surface area (Å²) < 4.78 is 5.73. The number of fused-ring (bicyclic) bond motifs is 1. The summed E-state index contributed by atoms with van der Waals surface area (Å²) in [6.45, 7) is 11.8. The van der Waals surface area contributed by atoms with Crippen LogP contribution in [0.15, 0.2) is 24.3 Å². The average molecular weight is 525 g/mol. The van der Waals surface area contributed by atoms with Crippen molar-refractivity contribution in [3.8, 4) is 5.75 Å². The standard InChI is InChI=1S/C27H36N6O5/c1-16(2)33-15-21-24(26(33)37)29-27(32-12-10-31(11-13-32)18(5)34)30-25(21)28-22(14-23(35)36)19-6-8-20(9-7-19)38-17(3)4/h6-9,16-17,22H,10-15H2,1-5H3,(H,35,36)(H,28,29,30). The molecule has 1 atom stereocenters. The highest BCUT2D eigenvalue weighted by Crippen LogP contribution is 2.33. The van der Waals surface area contributed by atoms with Crippen molar-refractivity contribution >= 4 is 29.5 Å². The highest BCUT2D eigenvalue weighted by Gasteiger charge is 2.36. The minimum atomic E-state index is -0.962. The second-order valence-corrected chi connectivity index (χ2v) is 10.2. The number of amides is 2. The number of carboxylic acid groups (broad SMARTS) is 1. The van der Waals surface area contributed by atoms with Gasteiger partial charge in [-0.15, -0.1) is 0 Å². The summed E-state index contributed by atoms with van der Waals surface area (Å²) >= 11 is 0. The third-order valence-corrected chi connectivity index (χ3v) is 6.76. The number of ether oxygens (including phenoxy) is 1. The molecule has 4 rings (SSSR count). The molecule has 2 aliphatic rings. The molecule has 2 aliphatic heterocycles. The van der Waals surface area contributed by atoms with E-state index >= 15 is 0 Å². The summed E-state index contributed by atoms with van der Waals surface area (Å²) in [7, 11) is 0. The number of aliphatic carboxylic acids is 1. The maximum absolute atomic E-state index is 13.3. The first kappa shape index (κ1) is 27.2. The van der Waals surface area contributed by atoms with Crippen LogP contribution in [0.3, 0.4) is 0 Å². The first-order valence-electron chi connectivity index (χ1n) is 13.0. The summed E-state index contributed by atoms with van der Waals surface area (Å²) in [4.78, 5) is 51.7. The van der Waals surface area contributed by atoms with Gasteiger partial charge in [0.1, 0.15) is 17.3 Å². The van der Waals surface area contributed by atoms with Gasteiger partial charge in [0.25, 0.3) is 5.91 Å². The molecule has 1 aromatic heterocycles. The van der Waals surface area contributed by atoms with Crippen molar-refractivity contribution in [3.05, 3.63) is 41.1 Å². The highest BCUT2D eigenvalue weighted by molar-refractivity contribution is 5.98. The molecule has 0 saturated carbocycles. The number of piperazine rings is 1. The summed E-state index contributed by atoms with van der Waals surface area (Å²) in [5.74, 6) is 0.425. The number of nitrogens with one attached hydrogen (secondary N) is 1. The predicted molar refractivity (Wildman–Crippen MR) is 142 cm³/mol. The van der Waals surface area contributed by atoms with Gasteiger partial charge in [-0.2, -0.15) is 4.98 Å². The number of hydrogen-bond donors (Lipinski definition) is 2. The fourth-order valence-corrected chi connectivity index (χ4v) is 4.72. The molecule has 1 fully saturated rings. The molecular weight excluding hydrogens is 488 g/mol. The molecule has 3 heterocycles. The molecule has 2 N–H and O–H groups in total. The van der Waals surface area contributed by atoms with Gasteiger partial charge < -0.3 is 29.9 Å². The molecule has 0 aliphatic carbocycles. The Balaban J connectivity index is 1.68. The maximum Gasteiger partial charge on any atom is 0.305 e. The van der Waals surface area contributed by atoms with Crippen LogP contribution in [0, 0.1) is 0 Å². The van der Waals surface area contributed by atoms with E-state index in [0.29, 0.717) is 61.5 Å². The maximum atomic E-state index is 13.3. The number of aromatic nitrogens is 2. The number of carbonyl (C=O) groups excluding carboxylic acids is 2. The Morgan fingerprint density at radius 3 is 2.26 bits per heavy atom. The lowest BCUT2D eigenvalue weighted by Crippen LogP contribution is -2.48. The molecule has 1 saturated heterocycles. The van der Waals surface area contributed by atoms with Crippen molar-refractivity contribution in [3.63, 3.8) is 0 Å². The molecule has 0 spiro atoms. The number of rotatable bonds is 9. The van der Waals surface area contributed by atoms with E-state index in [1.165, 1.54) is 0 Å². The SMILES string of the molecule is CC(=O)N1CCN(c2nc(NC(CC(=O)O)c3ccc(OC(C)C)cc3)c3c(n2)C(=O)N(C(C)C)C3)CC1. The van der Waals surface area contributed by atoms with Crippen LogP contribution >= 0.6 is 0 Å². The molecule has 2 aromatic rings. The third-order valence-electron chi connectivity index (χ3n) is 6.76. The van der Waals surface area contributed by atoms with Crippen LogP contribution in [0.1, 0.15) is 68.7 Å². The zero-order valence-corrected chi connectivity index (χ0v) is 22.6. The fraction of sp³-hybridized carbons (Fsp3) is 0.519. The number of carboxylic acids is 1. The summed E-state index contributed by atoms with van der Waals surface area (Å²) in [5.41, 5.74) is 1.75. The van der Waals surface area contributed by atoms with Gasteiger partial charge in [0, 0.05) is 44.7 Å². The van der Waals surface area contributed by atoms with Crippen molar-refractivity contribution in [2.75, 3.05) is 36.4 Å². The minimum absolute atomic E-state index is 0.0194. The van der Waals surface area contributed by atoms with Crippen molar-refractivity contribution < 1.29 is 24.2 Å². The van der Waals surface area contributed by atoms with Gasteiger partial charge >= 0.3 is 5.97 Å². The summed E-state index contributed by atoms with van der Waals surface area (Å²) in [5, 5.41) is 13.0. The Morgan fingerprint density at radius 2 is 1.71 bits per heavy atom. The van der Waals surface area contributed by atoms with Crippen LogP contribution in [0.2, 0.25) is 0 Å². The van der Waals surface area contributed by atoms with Crippen LogP contribution in [0.5, 0.6) is 5.75 Å². The lowest BCUT2D eigenvalue weighted by Gasteiger charge is -2.34. The van der Waals surface area contributed by atoms with Crippen molar-refractivity contribution in [1.82, 2.24) is 19.8 Å². The normalized spacial score (nSPS) is 16.2. The second kappa shape index (κ2) is 11.2. The van der Waals surface area contributed by atoms with E-state index in [2.05, 4.69) is 10.3 Å². The van der Waals surface area contributed by atoms with Crippen molar-refractivity contribution in [1.29, 1.82) is 0 Å². The van der Waals surface area contributed by atoms with E-state index in [9.17, 15) is 19.5 Å². The predicted octanol–water partition coefficient (Wildman–Crippen LogP) is 2.92. The number of carbonyl (C=O) groups is 3. The average Bonchev–Trinajstić information content (AvgIpc) is 3.20. The lowest BCUT2D eigenvalue weighted by atomic mass is 10.0. The van der Waals surface area contributed by atoms with E-state index < -0.39 is 12.0 Å². The monoisotopic (exact) mass is 524 g/mol. The van der Waals surface area contributed by atoms with Gasteiger partial charge in [0.05, 0.1) is 25.1 Å². The molecule has 1 unspecified atom stereocenters. The first-order chi connectivity index (χ1) is 18.0. The zero-order chi connectivity index (χ0) is 27.6. The van der Waals surface area contributed by atoms with Crippen LogP contribution in [0.4, 0.5) is 11.8 Å². The fourth-order valence-electron chi connectivity index (χ4n) is 4.72. The topological polar surface area (TPSA) is 128 Å². The number of anilines is 2. The minimum Gasteiger partial charge on any atom is -0.491 e. The molecule has 11 heteroatoms. The van der Waals surface area contributed by atoms with Gasteiger partial charge in [-0.05, 0) is 45.4 Å².